The number of piperazine rings is 1. The molecule has 3 N–H and O–H groups in total. The molecule has 6 rings (SSSR count). The maximum Gasteiger partial charge on any atom is 0.414 e. The Morgan fingerprint density at radius 1 is 1.07 bits per heavy atom. The van der Waals surface area contributed by atoms with Crippen LogP contribution in [0.1, 0.15) is 48.0 Å². The number of hydrogen-bond acceptors (Lipinski definition) is 9. The number of carbonyl (C=O) groups is 3. The van der Waals surface area contributed by atoms with Crippen LogP contribution in [0.5, 0.6) is 0 Å². The van der Waals surface area contributed by atoms with Gasteiger partial charge in [-0.2, -0.15) is 0 Å². The van der Waals surface area contributed by atoms with Gasteiger partial charge < -0.3 is 29.7 Å². The summed E-state index contributed by atoms with van der Waals surface area (Å²) in [7, 11) is 0. The van der Waals surface area contributed by atoms with Crippen LogP contribution in [0.25, 0.3) is 10.9 Å². The number of benzene rings is 2. The lowest BCUT2D eigenvalue weighted by Crippen LogP contribution is -2.48. The molecular weight excluding hydrogens is 573 g/mol. The number of amides is 2. The van der Waals surface area contributed by atoms with E-state index in [2.05, 4.69) is 5.32 Å². The fraction of sp³-hybridized carbons (Fsp3) is 0.419. The summed E-state index contributed by atoms with van der Waals surface area (Å²) in [6.07, 6.45) is 0.355. The molecule has 0 spiro atoms. The van der Waals surface area contributed by atoms with Crippen LogP contribution >= 0.6 is 0 Å². The molecule has 1 aliphatic carbocycles. The number of nitrogens with one attached hydrogen (secondary N) is 1. The molecule has 2 aromatic carbocycles. The van der Waals surface area contributed by atoms with Crippen LogP contribution in [-0.4, -0.2) is 89.4 Å². The van der Waals surface area contributed by atoms with Gasteiger partial charge in [0.1, 0.15) is 11.9 Å². The maximum absolute atomic E-state index is 15.3. The van der Waals surface area contributed by atoms with Gasteiger partial charge in [0.25, 0.3) is 0 Å². The summed E-state index contributed by atoms with van der Waals surface area (Å²) in [6, 6.07) is 9.71. The number of hydrogen-bond donors (Lipinski definition) is 3. The number of rotatable bonds is 9. The van der Waals surface area contributed by atoms with Crippen LogP contribution in [0.4, 0.5) is 20.6 Å². The van der Waals surface area contributed by atoms with E-state index in [4.69, 9.17) is 4.74 Å². The molecule has 232 valence electrons. The number of aliphatic hydroxyl groups excluding tert-OH is 1. The molecule has 1 saturated carbocycles. The minimum absolute atomic E-state index is 0.0789. The zero-order chi connectivity index (χ0) is 31.1. The van der Waals surface area contributed by atoms with Gasteiger partial charge in [0.15, 0.2) is 17.5 Å². The smallest absolute Gasteiger partial charge is 0.414 e. The molecule has 1 atom stereocenters. The van der Waals surface area contributed by atoms with Crippen molar-refractivity contribution < 1.29 is 33.7 Å². The summed E-state index contributed by atoms with van der Waals surface area (Å²) in [6.45, 7) is 4.12. The average Bonchev–Trinajstić information content (AvgIpc) is 3.78. The summed E-state index contributed by atoms with van der Waals surface area (Å²) in [5.41, 5.74) is 1.26. The summed E-state index contributed by atoms with van der Waals surface area (Å²) >= 11 is 0. The number of aromatic nitrogens is 1. The number of carbonyl (C=O) groups excluding carboxylic acids is 3. The van der Waals surface area contributed by atoms with Gasteiger partial charge in [-0.15, -0.1) is 0 Å². The Bertz CT molecular complexity index is 1660. The minimum atomic E-state index is -1.94. The van der Waals surface area contributed by atoms with Crippen LogP contribution in [0, 0.1) is 5.82 Å². The van der Waals surface area contributed by atoms with Gasteiger partial charge in [-0.1, -0.05) is 0 Å². The molecule has 3 heterocycles. The standard InChI is InChI=1S/C31H34FN5O7/c1-18(38)33-14-22-15-37(31(43)44-22)21-4-2-19(3-5-21)28(39)17-34-8-10-35(11-9-34)27-13-26-23(12-25(27)32)29(40)24(30(41)42)16-36(26)20-6-7-20/h2-5,12-13,16,20,22,30,41-42H,6-11,14-15,17H2,1H3,(H,33,38)/t22-/m0/s1. The molecule has 2 saturated heterocycles. The average molecular weight is 608 g/mol. The molecule has 0 unspecified atom stereocenters. The number of ketones is 1. The molecule has 3 fully saturated rings. The van der Waals surface area contributed by atoms with Gasteiger partial charge in [0.2, 0.25) is 5.91 Å². The molecule has 1 aromatic heterocycles. The van der Waals surface area contributed by atoms with E-state index in [0.717, 1.165) is 12.8 Å². The number of anilines is 2. The van der Waals surface area contributed by atoms with Crippen LogP contribution in [0.2, 0.25) is 0 Å². The lowest BCUT2D eigenvalue weighted by molar-refractivity contribution is -0.119. The zero-order valence-corrected chi connectivity index (χ0v) is 24.2. The van der Waals surface area contributed by atoms with E-state index in [9.17, 15) is 29.4 Å². The Kier molecular flexibility index (Phi) is 8.10. The van der Waals surface area contributed by atoms with Crippen LogP contribution in [0.15, 0.2) is 47.4 Å². The van der Waals surface area contributed by atoms with Crippen molar-refractivity contribution in [3.05, 3.63) is 69.8 Å². The van der Waals surface area contributed by atoms with Crippen molar-refractivity contribution >= 4 is 40.1 Å². The SMILES string of the molecule is CC(=O)NC[C@H]1CN(c2ccc(C(=O)CN3CCN(c4cc5c(cc4F)c(=O)c(C(O)O)cn5C4CC4)CC3)cc2)C(=O)O1. The highest BCUT2D eigenvalue weighted by Crippen LogP contribution is 2.38. The minimum Gasteiger partial charge on any atom is -0.442 e. The Morgan fingerprint density at radius 3 is 2.41 bits per heavy atom. The predicted molar refractivity (Wildman–Crippen MR) is 159 cm³/mol. The van der Waals surface area contributed by atoms with E-state index in [-0.39, 0.29) is 41.8 Å². The van der Waals surface area contributed by atoms with Crippen molar-refractivity contribution in [3.8, 4) is 0 Å². The number of cyclic esters (lactones) is 1. The third kappa shape index (κ3) is 6.03. The number of pyridine rings is 1. The number of nitrogens with zero attached hydrogens (tertiary/aromatic N) is 4. The highest BCUT2D eigenvalue weighted by atomic mass is 19.1. The Hall–Kier alpha value is -4.33. The van der Waals surface area contributed by atoms with E-state index < -0.39 is 29.7 Å². The van der Waals surface area contributed by atoms with E-state index in [1.165, 1.54) is 24.1 Å². The second-order valence-corrected chi connectivity index (χ2v) is 11.5. The highest BCUT2D eigenvalue weighted by Gasteiger charge is 2.33. The summed E-state index contributed by atoms with van der Waals surface area (Å²) in [5, 5.41) is 22.1. The third-order valence-electron chi connectivity index (χ3n) is 8.38. The monoisotopic (exact) mass is 607 g/mol. The summed E-state index contributed by atoms with van der Waals surface area (Å²) in [4.78, 5) is 54.7. The molecule has 3 aromatic rings. The van der Waals surface area contributed by atoms with Gasteiger partial charge in [0.05, 0.1) is 36.4 Å². The highest BCUT2D eigenvalue weighted by molar-refractivity contribution is 5.98. The Balaban J connectivity index is 1.08. The first kappa shape index (κ1) is 29.7. The second-order valence-electron chi connectivity index (χ2n) is 11.5. The van der Waals surface area contributed by atoms with Gasteiger partial charge in [-0.05, 0) is 49.2 Å². The first-order valence-electron chi connectivity index (χ1n) is 14.7. The van der Waals surface area contributed by atoms with E-state index in [0.29, 0.717) is 55.2 Å². The summed E-state index contributed by atoms with van der Waals surface area (Å²) in [5.74, 6) is -0.843. The molecule has 0 radical (unpaired) electrons. The van der Waals surface area contributed by atoms with Gasteiger partial charge >= 0.3 is 6.09 Å². The largest absolute Gasteiger partial charge is 0.442 e. The first-order chi connectivity index (χ1) is 21.1. The normalized spacial score (nSPS) is 19.1. The van der Waals surface area contributed by atoms with Crippen molar-refractivity contribution in [2.75, 3.05) is 55.6 Å². The second kappa shape index (κ2) is 12.0. The van der Waals surface area contributed by atoms with Crippen molar-refractivity contribution in [1.82, 2.24) is 14.8 Å². The third-order valence-corrected chi connectivity index (χ3v) is 8.38. The molecule has 2 aliphatic heterocycles. The number of halogens is 1. The van der Waals surface area contributed by atoms with Gasteiger partial charge in [-0.25, -0.2) is 9.18 Å². The fourth-order valence-corrected chi connectivity index (χ4v) is 5.83. The van der Waals surface area contributed by atoms with Crippen molar-refractivity contribution in [2.45, 2.75) is 38.2 Å². The zero-order valence-electron chi connectivity index (χ0n) is 24.2. The molecule has 3 aliphatic rings. The lowest BCUT2D eigenvalue weighted by Gasteiger charge is -2.36. The van der Waals surface area contributed by atoms with Crippen molar-refractivity contribution in [1.29, 1.82) is 0 Å². The van der Waals surface area contributed by atoms with E-state index in [1.54, 1.807) is 30.3 Å². The number of ether oxygens (including phenoxy) is 1. The Morgan fingerprint density at radius 2 is 1.77 bits per heavy atom. The first-order valence-corrected chi connectivity index (χ1v) is 14.7. The fourth-order valence-electron chi connectivity index (χ4n) is 5.83. The topological polar surface area (TPSA) is 145 Å². The molecule has 0 bridgehead atoms. The van der Waals surface area contributed by atoms with Crippen molar-refractivity contribution in [2.24, 2.45) is 0 Å². The lowest BCUT2D eigenvalue weighted by atomic mass is 10.1. The van der Waals surface area contributed by atoms with Crippen LogP contribution in [-0.2, 0) is 9.53 Å². The number of aliphatic hydroxyl groups is 2. The van der Waals surface area contributed by atoms with Gasteiger partial charge in [-0.3, -0.25) is 24.2 Å². The van der Waals surface area contributed by atoms with Crippen LogP contribution in [0.3, 0.4) is 0 Å². The Labute approximate surface area is 252 Å². The van der Waals surface area contributed by atoms with Gasteiger partial charge in [0, 0.05) is 62.0 Å². The molecule has 12 nitrogen and oxygen atoms in total. The van der Waals surface area contributed by atoms with E-state index in [1.807, 2.05) is 14.4 Å². The maximum atomic E-state index is 15.3. The number of Topliss-reactive ketones (excluding diaryl/α,β-unsaturated/α-hetero) is 1. The quantitative estimate of drug-likeness (QED) is 0.246. The van der Waals surface area contributed by atoms with Crippen LogP contribution < -0.4 is 20.5 Å². The molecule has 2 amide bonds. The molecular formula is C31H34FN5O7. The predicted octanol–water partition coefficient (Wildman–Crippen LogP) is 1.92. The van der Waals surface area contributed by atoms with E-state index >= 15 is 4.39 Å². The number of fused-ring (bicyclic) bond motifs is 1. The van der Waals surface area contributed by atoms with Crippen molar-refractivity contribution in [3.63, 3.8) is 0 Å². The summed E-state index contributed by atoms with van der Waals surface area (Å²) < 4.78 is 22.5. The molecule has 13 heteroatoms. The molecule has 44 heavy (non-hydrogen) atoms.